The van der Waals surface area contributed by atoms with Crippen LogP contribution in [0.25, 0.3) is 33.5 Å². The van der Waals surface area contributed by atoms with Crippen molar-refractivity contribution in [1.82, 2.24) is 24.8 Å². The van der Waals surface area contributed by atoms with Crippen LogP contribution in [0.15, 0.2) is 55.0 Å². The number of carbonyl (C=O) groups is 1. The molecule has 8 nitrogen and oxygen atoms in total. The molecule has 1 aromatic carbocycles. The Morgan fingerprint density at radius 2 is 2.15 bits per heavy atom. The summed E-state index contributed by atoms with van der Waals surface area (Å²) < 4.78 is 4.87. The summed E-state index contributed by atoms with van der Waals surface area (Å²) in [4.78, 5) is 31.1. The fourth-order valence-corrected chi connectivity index (χ4v) is 4.52. The predicted molar refractivity (Wildman–Crippen MR) is 132 cm³/mol. The number of aromatic nitrogens is 4. The number of hydrogen-bond donors (Lipinski definition) is 2. The fourth-order valence-electron chi connectivity index (χ4n) is 4.52. The molecule has 1 aliphatic heterocycles. The molecule has 0 amide bonds. The lowest BCUT2D eigenvalue weighted by Crippen LogP contribution is -2.28. The zero-order valence-electron chi connectivity index (χ0n) is 19.4. The fraction of sp³-hybridized carbons (Fsp3) is 0.308. The van der Waals surface area contributed by atoms with Gasteiger partial charge in [0.15, 0.2) is 0 Å². The van der Waals surface area contributed by atoms with E-state index in [-0.39, 0.29) is 11.9 Å². The zero-order chi connectivity index (χ0) is 23.5. The van der Waals surface area contributed by atoms with E-state index in [9.17, 15) is 4.79 Å². The van der Waals surface area contributed by atoms with Gasteiger partial charge in [-0.15, -0.1) is 0 Å². The van der Waals surface area contributed by atoms with Gasteiger partial charge < -0.3 is 19.9 Å². The average Bonchev–Trinajstić information content (AvgIpc) is 3.53. The molecule has 0 bridgehead atoms. The number of nitrogens with zero attached hydrogens (tertiary/aromatic N) is 4. The van der Waals surface area contributed by atoms with Crippen LogP contribution in [0, 0.1) is 12.8 Å². The van der Waals surface area contributed by atoms with E-state index in [1.165, 1.54) is 7.11 Å². The number of fused-ring (bicyclic) bond motifs is 1. The van der Waals surface area contributed by atoms with Crippen LogP contribution in [-0.4, -0.2) is 64.1 Å². The number of nitrogens with one attached hydrogen (secondary N) is 2. The first-order valence-corrected chi connectivity index (χ1v) is 11.5. The first kappa shape index (κ1) is 22.0. The van der Waals surface area contributed by atoms with E-state index >= 15 is 0 Å². The normalized spacial score (nSPS) is 16.1. The number of methoxy groups -OCH3 is 1. The van der Waals surface area contributed by atoms with Crippen molar-refractivity contribution < 1.29 is 9.53 Å². The summed E-state index contributed by atoms with van der Waals surface area (Å²) in [5, 5.41) is 4.51. The summed E-state index contributed by atoms with van der Waals surface area (Å²) in [6.45, 7) is 5.31. The third-order valence-corrected chi connectivity index (χ3v) is 6.30. The Morgan fingerprint density at radius 3 is 3.00 bits per heavy atom. The van der Waals surface area contributed by atoms with Gasteiger partial charge in [-0.05, 0) is 50.2 Å². The Morgan fingerprint density at radius 1 is 1.24 bits per heavy atom. The number of likely N-dealkylation sites (tertiary alicyclic amines) is 1. The van der Waals surface area contributed by atoms with Crippen LogP contribution in [0.2, 0.25) is 0 Å². The van der Waals surface area contributed by atoms with E-state index in [1.807, 2.05) is 43.5 Å². The van der Waals surface area contributed by atoms with Gasteiger partial charge in [-0.1, -0.05) is 12.1 Å². The smallest absolute Gasteiger partial charge is 0.310 e. The highest BCUT2D eigenvalue weighted by molar-refractivity contribution is 5.88. The van der Waals surface area contributed by atoms with Crippen molar-refractivity contribution in [1.29, 1.82) is 0 Å². The van der Waals surface area contributed by atoms with Crippen molar-refractivity contribution >= 4 is 22.6 Å². The van der Waals surface area contributed by atoms with Gasteiger partial charge >= 0.3 is 5.97 Å². The first-order chi connectivity index (χ1) is 16.6. The highest BCUT2D eigenvalue weighted by atomic mass is 16.5. The van der Waals surface area contributed by atoms with Crippen LogP contribution in [0.1, 0.15) is 12.1 Å². The lowest BCUT2D eigenvalue weighted by molar-refractivity contribution is -0.144. The molecule has 0 radical (unpaired) electrons. The molecule has 4 heterocycles. The Hall–Kier alpha value is -3.78. The van der Waals surface area contributed by atoms with Gasteiger partial charge in [0.2, 0.25) is 0 Å². The molecule has 8 heteroatoms. The van der Waals surface area contributed by atoms with Crippen molar-refractivity contribution in [3.05, 3.63) is 60.7 Å². The molecule has 1 aliphatic rings. The summed E-state index contributed by atoms with van der Waals surface area (Å²) in [7, 11) is 1.46. The largest absolute Gasteiger partial charge is 0.469 e. The summed E-state index contributed by atoms with van der Waals surface area (Å²) in [6, 6.07) is 14.3. The Kier molecular flexibility index (Phi) is 6.22. The standard InChI is InChI=1S/C26H28N6O2/c1-17-4-3-5-23(31-17)25-24(29-16-30-25)18-6-7-22-20(12-18)13-21(14-28-22)27-9-11-32-10-8-19(15-32)26(33)34-2/h3-7,12-14,16,19,27H,8-11,15H2,1-2H3,(H,29,30)/t19-/m1/s1. The van der Waals surface area contributed by atoms with Gasteiger partial charge in [-0.25, -0.2) is 4.98 Å². The van der Waals surface area contributed by atoms with Crippen molar-refractivity contribution in [2.24, 2.45) is 5.92 Å². The molecule has 34 heavy (non-hydrogen) atoms. The molecule has 0 saturated carbocycles. The maximum absolute atomic E-state index is 11.7. The molecule has 1 atom stereocenters. The highest BCUT2D eigenvalue weighted by Gasteiger charge is 2.28. The van der Waals surface area contributed by atoms with E-state index in [0.717, 1.165) is 77.5 Å². The van der Waals surface area contributed by atoms with Crippen molar-refractivity contribution in [3.8, 4) is 22.6 Å². The topological polar surface area (TPSA) is 96.0 Å². The maximum atomic E-state index is 11.7. The molecule has 3 aromatic heterocycles. The molecule has 5 rings (SSSR count). The van der Waals surface area contributed by atoms with Crippen LogP contribution in [0.5, 0.6) is 0 Å². The quantitative estimate of drug-likeness (QED) is 0.407. The third kappa shape index (κ3) is 4.63. The minimum atomic E-state index is -0.108. The van der Waals surface area contributed by atoms with E-state index < -0.39 is 0 Å². The molecule has 0 aliphatic carbocycles. The average molecular weight is 457 g/mol. The van der Waals surface area contributed by atoms with Gasteiger partial charge in [0.25, 0.3) is 0 Å². The third-order valence-electron chi connectivity index (χ3n) is 6.30. The summed E-state index contributed by atoms with van der Waals surface area (Å²) >= 11 is 0. The Labute approximate surface area is 198 Å². The van der Waals surface area contributed by atoms with E-state index in [1.54, 1.807) is 6.33 Å². The molecular formula is C26H28N6O2. The van der Waals surface area contributed by atoms with Crippen LogP contribution < -0.4 is 5.32 Å². The Bertz CT molecular complexity index is 1320. The molecule has 1 fully saturated rings. The number of aromatic amines is 1. The number of esters is 1. The number of imidazole rings is 1. The van der Waals surface area contributed by atoms with Gasteiger partial charge in [-0.2, -0.15) is 0 Å². The number of pyridine rings is 2. The van der Waals surface area contributed by atoms with Gasteiger partial charge in [0.05, 0.1) is 53.8 Å². The van der Waals surface area contributed by atoms with Crippen molar-refractivity contribution in [3.63, 3.8) is 0 Å². The first-order valence-electron chi connectivity index (χ1n) is 11.5. The van der Waals surface area contributed by atoms with Gasteiger partial charge in [0, 0.05) is 36.3 Å². The lowest BCUT2D eigenvalue weighted by atomic mass is 10.0. The van der Waals surface area contributed by atoms with Crippen LogP contribution >= 0.6 is 0 Å². The Balaban J connectivity index is 1.29. The molecule has 4 aromatic rings. The highest BCUT2D eigenvalue weighted by Crippen LogP contribution is 2.30. The summed E-state index contributed by atoms with van der Waals surface area (Å²) in [6.07, 6.45) is 4.43. The number of hydrogen-bond acceptors (Lipinski definition) is 7. The van der Waals surface area contributed by atoms with E-state index in [4.69, 9.17) is 4.74 Å². The van der Waals surface area contributed by atoms with Gasteiger partial charge in [-0.3, -0.25) is 14.8 Å². The minimum Gasteiger partial charge on any atom is -0.469 e. The molecule has 2 N–H and O–H groups in total. The van der Waals surface area contributed by atoms with Gasteiger partial charge in [0.1, 0.15) is 0 Å². The number of rotatable bonds is 7. The monoisotopic (exact) mass is 456 g/mol. The van der Waals surface area contributed by atoms with E-state index in [2.05, 4.69) is 42.3 Å². The van der Waals surface area contributed by atoms with Crippen molar-refractivity contribution in [2.45, 2.75) is 13.3 Å². The molecule has 174 valence electrons. The number of ether oxygens (including phenoxy) is 1. The summed E-state index contributed by atoms with van der Waals surface area (Å²) in [5.41, 5.74) is 6.52. The molecule has 1 saturated heterocycles. The minimum absolute atomic E-state index is 0.00677. The second kappa shape index (κ2) is 9.61. The van der Waals surface area contributed by atoms with E-state index in [0.29, 0.717) is 0 Å². The number of carbonyl (C=O) groups excluding carboxylic acids is 1. The maximum Gasteiger partial charge on any atom is 0.310 e. The second-order valence-electron chi connectivity index (χ2n) is 8.66. The van der Waals surface area contributed by atoms with Crippen LogP contribution in [0.3, 0.4) is 0 Å². The van der Waals surface area contributed by atoms with Crippen LogP contribution in [0.4, 0.5) is 5.69 Å². The number of anilines is 1. The number of benzene rings is 1. The lowest BCUT2D eigenvalue weighted by Gasteiger charge is -2.16. The zero-order valence-corrected chi connectivity index (χ0v) is 19.4. The predicted octanol–water partition coefficient (Wildman–Crippen LogP) is 3.90. The second-order valence-corrected chi connectivity index (χ2v) is 8.66. The SMILES string of the molecule is COC(=O)[C@@H]1CCN(CCNc2cnc3ccc(-c4nc[nH]c4-c4cccc(C)n4)cc3c2)C1. The number of aryl methyl sites for hydroxylation is 1. The molecule has 0 spiro atoms. The summed E-state index contributed by atoms with van der Waals surface area (Å²) in [5.74, 6) is -0.115. The van der Waals surface area contributed by atoms with Crippen molar-refractivity contribution in [2.75, 3.05) is 38.6 Å². The van der Waals surface area contributed by atoms with Crippen LogP contribution in [-0.2, 0) is 9.53 Å². The number of H-pyrrole nitrogens is 1. The molecule has 0 unspecified atom stereocenters. The molecular weight excluding hydrogens is 428 g/mol.